The molecule has 1 heterocycles. The van der Waals surface area contributed by atoms with Crippen LogP contribution in [0.3, 0.4) is 0 Å². The topological polar surface area (TPSA) is 75.4 Å². The first-order valence-electron chi connectivity index (χ1n) is 5.94. The standard InChI is InChI=1S/C12H13ClFN3O3S/c1-16-8-15-12(11(16)13)21(19,20)17(5-6-18)10-4-2-3-9(14)7-10/h2-4,7-8,18H,5-6H2,1H3. The zero-order chi connectivity index (χ0) is 15.6. The lowest BCUT2D eigenvalue weighted by atomic mass is 10.3. The van der Waals surface area contributed by atoms with E-state index in [1.807, 2.05) is 0 Å². The Morgan fingerprint density at radius 3 is 2.71 bits per heavy atom. The van der Waals surface area contributed by atoms with Crippen molar-refractivity contribution in [3.05, 3.63) is 41.6 Å². The smallest absolute Gasteiger partial charge is 0.285 e. The van der Waals surface area contributed by atoms with Crippen LogP contribution in [-0.2, 0) is 17.1 Å². The number of imidazole rings is 1. The van der Waals surface area contributed by atoms with Gasteiger partial charge in [0.1, 0.15) is 11.0 Å². The number of anilines is 1. The highest BCUT2D eigenvalue weighted by molar-refractivity contribution is 7.92. The molecule has 0 aliphatic rings. The Kier molecular flexibility index (Phi) is 4.50. The first kappa shape index (κ1) is 15.7. The fourth-order valence-electron chi connectivity index (χ4n) is 1.78. The average Bonchev–Trinajstić information content (AvgIpc) is 2.76. The third-order valence-corrected chi connectivity index (χ3v) is 5.09. The summed E-state index contributed by atoms with van der Waals surface area (Å²) < 4.78 is 40.7. The van der Waals surface area contributed by atoms with Crippen LogP contribution in [0.25, 0.3) is 0 Å². The Labute approximate surface area is 126 Å². The van der Waals surface area contributed by atoms with Crippen LogP contribution < -0.4 is 4.31 Å². The van der Waals surface area contributed by atoms with Crippen molar-refractivity contribution >= 4 is 27.3 Å². The van der Waals surface area contributed by atoms with Crippen LogP contribution in [0.5, 0.6) is 0 Å². The second-order valence-corrected chi connectivity index (χ2v) is 6.37. The van der Waals surface area contributed by atoms with Crippen LogP contribution in [0.1, 0.15) is 0 Å². The lowest BCUT2D eigenvalue weighted by Crippen LogP contribution is -2.34. The fourth-order valence-corrected chi connectivity index (χ4v) is 3.63. The van der Waals surface area contributed by atoms with Gasteiger partial charge in [0.05, 0.1) is 25.2 Å². The second-order valence-electron chi connectivity index (χ2n) is 4.23. The Bertz CT molecular complexity index is 748. The van der Waals surface area contributed by atoms with E-state index in [9.17, 15) is 12.8 Å². The van der Waals surface area contributed by atoms with Gasteiger partial charge < -0.3 is 9.67 Å². The normalized spacial score (nSPS) is 11.6. The van der Waals surface area contributed by atoms with Crippen molar-refractivity contribution in [2.24, 2.45) is 7.05 Å². The molecule has 0 saturated heterocycles. The van der Waals surface area contributed by atoms with Crippen molar-refractivity contribution < 1.29 is 17.9 Å². The molecule has 0 aliphatic carbocycles. The molecule has 1 aromatic heterocycles. The van der Waals surface area contributed by atoms with E-state index in [-0.39, 0.29) is 22.4 Å². The molecule has 0 aliphatic heterocycles. The molecule has 0 bridgehead atoms. The Hall–Kier alpha value is -1.64. The van der Waals surface area contributed by atoms with Crippen molar-refractivity contribution in [1.82, 2.24) is 9.55 Å². The second kappa shape index (κ2) is 6.00. The summed E-state index contributed by atoms with van der Waals surface area (Å²) >= 11 is 5.91. The molecule has 0 radical (unpaired) electrons. The molecule has 1 N–H and O–H groups in total. The van der Waals surface area contributed by atoms with Gasteiger partial charge in [-0.15, -0.1) is 0 Å². The van der Waals surface area contributed by atoms with Crippen LogP contribution in [0.15, 0.2) is 35.6 Å². The number of rotatable bonds is 5. The highest BCUT2D eigenvalue weighted by Gasteiger charge is 2.30. The van der Waals surface area contributed by atoms with E-state index < -0.39 is 22.4 Å². The molecule has 0 saturated carbocycles. The molecule has 0 unspecified atom stereocenters. The molecule has 2 rings (SSSR count). The van der Waals surface area contributed by atoms with Crippen molar-refractivity contribution in [3.63, 3.8) is 0 Å². The maximum absolute atomic E-state index is 13.3. The quantitative estimate of drug-likeness (QED) is 0.897. The molecule has 1 aromatic carbocycles. The number of sulfonamides is 1. The number of aromatic nitrogens is 2. The Morgan fingerprint density at radius 1 is 1.48 bits per heavy atom. The number of aliphatic hydroxyl groups excluding tert-OH is 1. The van der Waals surface area contributed by atoms with Gasteiger partial charge in [0.15, 0.2) is 0 Å². The number of nitrogens with zero attached hydrogens (tertiary/aromatic N) is 3. The minimum absolute atomic E-state index is 0.0608. The van der Waals surface area contributed by atoms with E-state index in [1.165, 1.54) is 29.1 Å². The lowest BCUT2D eigenvalue weighted by molar-refractivity contribution is 0.306. The molecule has 0 amide bonds. The number of halogens is 2. The summed E-state index contributed by atoms with van der Waals surface area (Å²) in [6, 6.07) is 5.06. The third kappa shape index (κ3) is 3.02. The van der Waals surface area contributed by atoms with Crippen LogP contribution >= 0.6 is 11.6 Å². The molecule has 0 atom stereocenters. The van der Waals surface area contributed by atoms with Gasteiger partial charge in [0, 0.05) is 7.05 Å². The van der Waals surface area contributed by atoms with Gasteiger partial charge in [0.25, 0.3) is 10.0 Å². The number of aryl methyl sites for hydroxylation is 1. The van der Waals surface area contributed by atoms with Crippen molar-refractivity contribution in [2.45, 2.75) is 5.03 Å². The highest BCUT2D eigenvalue weighted by atomic mass is 35.5. The summed E-state index contributed by atoms with van der Waals surface area (Å²) in [6.07, 6.45) is 1.26. The van der Waals surface area contributed by atoms with Crippen LogP contribution in [-0.4, -0.2) is 36.2 Å². The summed E-state index contributed by atoms with van der Waals surface area (Å²) in [5, 5.41) is 8.69. The average molecular weight is 334 g/mol. The van der Waals surface area contributed by atoms with Gasteiger partial charge in [-0.3, -0.25) is 4.31 Å². The zero-order valence-electron chi connectivity index (χ0n) is 11.1. The van der Waals surface area contributed by atoms with Crippen molar-refractivity contribution in [1.29, 1.82) is 0 Å². The maximum Gasteiger partial charge on any atom is 0.285 e. The Balaban J connectivity index is 2.54. The van der Waals surface area contributed by atoms with E-state index in [1.54, 1.807) is 7.05 Å². The van der Waals surface area contributed by atoms with E-state index in [2.05, 4.69) is 4.98 Å². The molecular weight excluding hydrogens is 321 g/mol. The predicted octanol–water partition coefficient (Wildman–Crippen LogP) is 1.40. The largest absolute Gasteiger partial charge is 0.394 e. The molecule has 0 spiro atoms. The van der Waals surface area contributed by atoms with Crippen molar-refractivity contribution in [3.8, 4) is 0 Å². The highest BCUT2D eigenvalue weighted by Crippen LogP contribution is 2.27. The van der Waals surface area contributed by atoms with Crippen LogP contribution in [0, 0.1) is 5.82 Å². The monoisotopic (exact) mass is 333 g/mol. The minimum Gasteiger partial charge on any atom is -0.394 e. The minimum atomic E-state index is -4.10. The number of hydrogen-bond acceptors (Lipinski definition) is 4. The SMILES string of the molecule is Cn1cnc(S(=O)(=O)N(CCO)c2cccc(F)c2)c1Cl. The number of benzene rings is 1. The van der Waals surface area contributed by atoms with Crippen molar-refractivity contribution in [2.75, 3.05) is 17.5 Å². The van der Waals surface area contributed by atoms with E-state index in [0.29, 0.717) is 0 Å². The zero-order valence-corrected chi connectivity index (χ0v) is 12.6. The van der Waals surface area contributed by atoms with E-state index >= 15 is 0 Å². The van der Waals surface area contributed by atoms with Gasteiger partial charge >= 0.3 is 0 Å². The van der Waals surface area contributed by atoms with Gasteiger partial charge in [-0.25, -0.2) is 9.37 Å². The molecular formula is C12H13ClFN3O3S. The molecule has 0 fully saturated rings. The third-order valence-electron chi connectivity index (χ3n) is 2.77. The molecule has 2 aromatic rings. The van der Waals surface area contributed by atoms with E-state index in [0.717, 1.165) is 10.4 Å². The Morgan fingerprint density at radius 2 is 2.19 bits per heavy atom. The molecule has 6 nitrogen and oxygen atoms in total. The molecule has 21 heavy (non-hydrogen) atoms. The van der Waals surface area contributed by atoms with Gasteiger partial charge in [-0.1, -0.05) is 17.7 Å². The first-order chi connectivity index (χ1) is 9.87. The first-order valence-corrected chi connectivity index (χ1v) is 7.75. The lowest BCUT2D eigenvalue weighted by Gasteiger charge is -2.22. The number of aliphatic hydroxyl groups is 1. The van der Waals surface area contributed by atoms with Gasteiger partial charge in [0.2, 0.25) is 5.03 Å². The van der Waals surface area contributed by atoms with Crippen LogP contribution in [0.4, 0.5) is 10.1 Å². The maximum atomic E-state index is 13.3. The van der Waals surface area contributed by atoms with Gasteiger partial charge in [-0.05, 0) is 18.2 Å². The van der Waals surface area contributed by atoms with E-state index in [4.69, 9.17) is 16.7 Å². The van der Waals surface area contributed by atoms with Crippen LogP contribution in [0.2, 0.25) is 5.15 Å². The fraction of sp³-hybridized carbons (Fsp3) is 0.250. The summed E-state index contributed by atoms with van der Waals surface area (Å²) in [6.45, 7) is -0.668. The molecule has 9 heteroatoms. The summed E-state index contributed by atoms with van der Waals surface area (Å²) in [4.78, 5) is 3.76. The number of hydrogen-bond donors (Lipinski definition) is 1. The van der Waals surface area contributed by atoms with Gasteiger partial charge in [-0.2, -0.15) is 8.42 Å². The summed E-state index contributed by atoms with van der Waals surface area (Å²) in [5.41, 5.74) is 0.0887. The molecule has 114 valence electrons. The summed E-state index contributed by atoms with van der Waals surface area (Å²) in [7, 11) is -2.55. The predicted molar refractivity (Wildman–Crippen MR) is 76.2 cm³/mol. The summed E-state index contributed by atoms with van der Waals surface area (Å²) in [5.74, 6) is -0.585.